The van der Waals surface area contributed by atoms with E-state index in [1.165, 1.54) is 6.42 Å². The fraction of sp³-hybridized carbons (Fsp3) is 0.667. The van der Waals surface area contributed by atoms with E-state index in [0.717, 1.165) is 29.8 Å². The maximum Gasteiger partial charge on any atom is 0.191 e. The first-order valence-corrected chi connectivity index (χ1v) is 7.35. The highest BCUT2D eigenvalue weighted by Crippen LogP contribution is 2.18. The lowest BCUT2D eigenvalue weighted by Crippen LogP contribution is -2.16. The Morgan fingerprint density at radius 3 is 2.59 bits per heavy atom. The van der Waals surface area contributed by atoms with Gasteiger partial charge in [0.1, 0.15) is 11.6 Å². The van der Waals surface area contributed by atoms with Gasteiger partial charge in [-0.05, 0) is 26.5 Å². The summed E-state index contributed by atoms with van der Waals surface area (Å²) in [7, 11) is 0. The van der Waals surface area contributed by atoms with E-state index in [1.54, 1.807) is 11.8 Å². The number of hydrogen-bond donors (Lipinski definition) is 2. The Labute approximate surface area is 108 Å². The van der Waals surface area contributed by atoms with Gasteiger partial charge in [-0.3, -0.25) is 0 Å². The fourth-order valence-electron chi connectivity index (χ4n) is 1.62. The Kier molecular flexibility index (Phi) is 6.11. The van der Waals surface area contributed by atoms with E-state index < -0.39 is 0 Å². The van der Waals surface area contributed by atoms with Crippen molar-refractivity contribution >= 4 is 23.4 Å². The van der Waals surface area contributed by atoms with E-state index >= 15 is 0 Å². The number of nitrogens with one attached hydrogen (secondary N) is 2. The molecule has 0 bridgehead atoms. The van der Waals surface area contributed by atoms with Crippen LogP contribution in [0.5, 0.6) is 0 Å². The van der Waals surface area contributed by atoms with Crippen LogP contribution < -0.4 is 10.6 Å². The van der Waals surface area contributed by atoms with Crippen molar-refractivity contribution in [1.82, 2.24) is 9.97 Å². The second-order valence-corrected chi connectivity index (χ2v) is 4.76. The summed E-state index contributed by atoms with van der Waals surface area (Å²) in [6.45, 7) is 7.30. The highest BCUT2D eigenvalue weighted by Gasteiger charge is 2.06. The molecule has 1 aromatic rings. The van der Waals surface area contributed by atoms with E-state index in [4.69, 9.17) is 0 Å². The van der Waals surface area contributed by atoms with Crippen LogP contribution in [0.3, 0.4) is 0 Å². The maximum absolute atomic E-state index is 4.46. The van der Waals surface area contributed by atoms with Crippen LogP contribution in [-0.4, -0.2) is 28.8 Å². The number of hydrogen-bond acceptors (Lipinski definition) is 5. The first-order chi connectivity index (χ1) is 8.19. The van der Waals surface area contributed by atoms with Gasteiger partial charge in [0.2, 0.25) is 0 Å². The van der Waals surface area contributed by atoms with Gasteiger partial charge in [0.15, 0.2) is 5.16 Å². The molecule has 0 saturated heterocycles. The van der Waals surface area contributed by atoms with Crippen LogP contribution in [-0.2, 0) is 0 Å². The Bertz CT molecular complexity index is 343. The molecule has 0 aromatic carbocycles. The monoisotopic (exact) mass is 254 g/mol. The van der Waals surface area contributed by atoms with E-state index in [0.29, 0.717) is 6.04 Å². The molecule has 1 rings (SSSR count). The molecular weight excluding hydrogens is 232 g/mol. The zero-order valence-corrected chi connectivity index (χ0v) is 11.9. The third kappa shape index (κ3) is 4.81. The molecule has 17 heavy (non-hydrogen) atoms. The Balaban J connectivity index is 2.79. The molecule has 1 atom stereocenters. The summed E-state index contributed by atoms with van der Waals surface area (Å²) in [6, 6.07) is 2.41. The van der Waals surface area contributed by atoms with Gasteiger partial charge >= 0.3 is 0 Å². The Morgan fingerprint density at radius 2 is 2.00 bits per heavy atom. The van der Waals surface area contributed by atoms with Gasteiger partial charge in [0, 0.05) is 18.7 Å². The van der Waals surface area contributed by atoms with Gasteiger partial charge in [-0.15, -0.1) is 0 Å². The second kappa shape index (κ2) is 7.37. The molecule has 0 aliphatic rings. The minimum absolute atomic E-state index is 0.444. The summed E-state index contributed by atoms with van der Waals surface area (Å²) >= 11 is 1.56. The standard InChI is InChI=1S/C12H22N4S/c1-5-7-9(3)14-11-8-10(13-6-2)15-12(16-11)17-4/h8-9H,5-7H2,1-4H3,(H2,13,14,15,16). The molecular formula is C12H22N4S. The van der Waals surface area contributed by atoms with Crippen LogP contribution >= 0.6 is 11.8 Å². The van der Waals surface area contributed by atoms with E-state index in [-0.39, 0.29) is 0 Å². The van der Waals surface area contributed by atoms with Crippen molar-refractivity contribution in [2.45, 2.75) is 44.8 Å². The molecule has 0 spiro atoms. The number of thioether (sulfide) groups is 1. The lowest BCUT2D eigenvalue weighted by Gasteiger charge is -2.15. The normalized spacial score (nSPS) is 12.2. The molecule has 0 aliphatic heterocycles. The van der Waals surface area contributed by atoms with Gasteiger partial charge in [-0.1, -0.05) is 25.1 Å². The zero-order chi connectivity index (χ0) is 12.7. The van der Waals surface area contributed by atoms with Crippen molar-refractivity contribution in [1.29, 1.82) is 0 Å². The lowest BCUT2D eigenvalue weighted by atomic mass is 10.2. The molecule has 0 saturated carbocycles. The molecule has 0 aliphatic carbocycles. The van der Waals surface area contributed by atoms with Crippen molar-refractivity contribution in [2.75, 3.05) is 23.4 Å². The number of aromatic nitrogens is 2. The van der Waals surface area contributed by atoms with Crippen LogP contribution in [0.2, 0.25) is 0 Å². The van der Waals surface area contributed by atoms with E-state index in [9.17, 15) is 0 Å². The topological polar surface area (TPSA) is 49.8 Å². The summed E-state index contributed by atoms with van der Waals surface area (Å²) < 4.78 is 0. The molecule has 2 N–H and O–H groups in total. The smallest absolute Gasteiger partial charge is 0.191 e. The molecule has 0 fully saturated rings. The Hall–Kier alpha value is -0.970. The quantitative estimate of drug-likeness (QED) is 0.578. The number of anilines is 2. The third-order valence-electron chi connectivity index (χ3n) is 2.36. The molecule has 96 valence electrons. The fourth-order valence-corrected chi connectivity index (χ4v) is 2.00. The predicted octanol–water partition coefficient (Wildman–Crippen LogP) is 3.23. The van der Waals surface area contributed by atoms with Crippen molar-refractivity contribution in [3.8, 4) is 0 Å². The molecule has 0 amide bonds. The van der Waals surface area contributed by atoms with E-state index in [1.807, 2.05) is 12.3 Å². The van der Waals surface area contributed by atoms with Gasteiger partial charge in [0.05, 0.1) is 0 Å². The summed E-state index contributed by atoms with van der Waals surface area (Å²) in [5, 5.41) is 7.44. The minimum Gasteiger partial charge on any atom is -0.370 e. The van der Waals surface area contributed by atoms with Crippen molar-refractivity contribution in [3.05, 3.63) is 6.07 Å². The van der Waals surface area contributed by atoms with Gasteiger partial charge in [0.25, 0.3) is 0 Å². The molecule has 0 radical (unpaired) electrons. The minimum atomic E-state index is 0.444. The van der Waals surface area contributed by atoms with Crippen molar-refractivity contribution in [2.24, 2.45) is 0 Å². The lowest BCUT2D eigenvalue weighted by molar-refractivity contribution is 0.685. The zero-order valence-electron chi connectivity index (χ0n) is 11.1. The molecule has 4 nitrogen and oxygen atoms in total. The van der Waals surface area contributed by atoms with Gasteiger partial charge in [-0.2, -0.15) is 0 Å². The average Bonchev–Trinajstić information content (AvgIpc) is 2.29. The van der Waals surface area contributed by atoms with Crippen molar-refractivity contribution in [3.63, 3.8) is 0 Å². The second-order valence-electron chi connectivity index (χ2n) is 3.99. The van der Waals surface area contributed by atoms with Gasteiger partial charge < -0.3 is 10.6 Å². The van der Waals surface area contributed by atoms with Gasteiger partial charge in [-0.25, -0.2) is 9.97 Å². The highest BCUT2D eigenvalue weighted by atomic mass is 32.2. The van der Waals surface area contributed by atoms with E-state index in [2.05, 4.69) is 41.4 Å². The number of nitrogens with zero attached hydrogens (tertiary/aromatic N) is 2. The molecule has 1 heterocycles. The first-order valence-electron chi connectivity index (χ1n) is 6.13. The Morgan fingerprint density at radius 1 is 1.29 bits per heavy atom. The molecule has 5 heteroatoms. The summed E-state index contributed by atoms with van der Waals surface area (Å²) in [4.78, 5) is 8.85. The van der Waals surface area contributed by atoms with Crippen LogP contribution in [0, 0.1) is 0 Å². The average molecular weight is 254 g/mol. The molecule has 1 unspecified atom stereocenters. The van der Waals surface area contributed by atoms with Crippen molar-refractivity contribution < 1.29 is 0 Å². The number of rotatable bonds is 7. The summed E-state index contributed by atoms with van der Waals surface area (Å²) in [5.74, 6) is 1.79. The highest BCUT2D eigenvalue weighted by molar-refractivity contribution is 7.98. The molecule has 1 aromatic heterocycles. The van der Waals surface area contributed by atoms with Crippen LogP contribution in [0.1, 0.15) is 33.6 Å². The summed E-state index contributed by atoms with van der Waals surface area (Å²) in [5.41, 5.74) is 0. The largest absolute Gasteiger partial charge is 0.370 e. The predicted molar refractivity (Wildman–Crippen MR) is 76.0 cm³/mol. The maximum atomic E-state index is 4.46. The third-order valence-corrected chi connectivity index (χ3v) is 2.91. The SMILES string of the molecule is CCCC(C)Nc1cc(NCC)nc(SC)n1. The van der Waals surface area contributed by atoms with Crippen LogP contribution in [0.15, 0.2) is 11.2 Å². The van der Waals surface area contributed by atoms with Crippen LogP contribution in [0.25, 0.3) is 0 Å². The first kappa shape index (κ1) is 14.1. The van der Waals surface area contributed by atoms with Crippen LogP contribution in [0.4, 0.5) is 11.6 Å². The summed E-state index contributed by atoms with van der Waals surface area (Å²) in [6.07, 6.45) is 4.31.